The van der Waals surface area contributed by atoms with Gasteiger partial charge in [-0.05, 0) is 18.2 Å². The Morgan fingerprint density at radius 1 is 1.03 bits per heavy atom. The summed E-state index contributed by atoms with van der Waals surface area (Å²) in [4.78, 5) is 27.6. The van der Waals surface area contributed by atoms with Crippen LogP contribution in [0.1, 0.15) is 28.8 Å². The Labute approximate surface area is 174 Å². The molecule has 2 aliphatic heterocycles. The van der Waals surface area contributed by atoms with Crippen LogP contribution in [0.2, 0.25) is 5.02 Å². The number of likely N-dealkylation sites (tertiary alicyclic amines) is 1. The third-order valence-corrected chi connectivity index (χ3v) is 5.57. The molecule has 0 unspecified atom stereocenters. The highest BCUT2D eigenvalue weighted by Gasteiger charge is 2.39. The lowest BCUT2D eigenvalue weighted by Gasteiger charge is -2.37. The molecular formula is C22H23ClN2O4. The second-order valence-electron chi connectivity index (χ2n) is 7.32. The van der Waals surface area contributed by atoms with Crippen molar-refractivity contribution in [1.29, 1.82) is 0 Å². The number of nitrogens with zero attached hydrogens (tertiary/aromatic N) is 1. The minimum absolute atomic E-state index is 0.168. The first-order valence-electron chi connectivity index (χ1n) is 9.74. The molecule has 0 aromatic heterocycles. The Morgan fingerprint density at radius 3 is 2.41 bits per heavy atom. The average molecular weight is 415 g/mol. The molecule has 0 saturated carbocycles. The molecule has 2 heterocycles. The second kappa shape index (κ2) is 8.63. The summed E-state index contributed by atoms with van der Waals surface area (Å²) < 4.78 is 11.5. The number of ketones is 1. The molecule has 7 heteroatoms. The van der Waals surface area contributed by atoms with Gasteiger partial charge >= 0.3 is 0 Å². The maximum atomic E-state index is 12.9. The van der Waals surface area contributed by atoms with Crippen molar-refractivity contribution in [2.24, 2.45) is 0 Å². The number of carbonyl (C=O) groups is 2. The van der Waals surface area contributed by atoms with E-state index in [1.807, 2.05) is 6.07 Å². The van der Waals surface area contributed by atoms with Crippen LogP contribution in [0.5, 0.6) is 0 Å². The highest BCUT2D eigenvalue weighted by atomic mass is 35.5. The summed E-state index contributed by atoms with van der Waals surface area (Å²) in [6.07, 6.45) is 1.50. The number of halogens is 1. The van der Waals surface area contributed by atoms with Gasteiger partial charge in [0.05, 0.1) is 25.4 Å². The first kappa shape index (κ1) is 20.0. The van der Waals surface area contributed by atoms with E-state index in [0.717, 1.165) is 25.9 Å². The molecule has 6 nitrogen and oxygen atoms in total. The maximum Gasteiger partial charge on any atom is 0.238 e. The van der Waals surface area contributed by atoms with Gasteiger partial charge in [-0.2, -0.15) is 0 Å². The summed E-state index contributed by atoms with van der Waals surface area (Å²) in [6.45, 7) is 2.97. The minimum atomic E-state index is -0.460. The maximum absolute atomic E-state index is 12.9. The Kier molecular flexibility index (Phi) is 5.96. The number of rotatable bonds is 5. The van der Waals surface area contributed by atoms with Crippen LogP contribution in [-0.4, -0.2) is 55.2 Å². The van der Waals surface area contributed by atoms with Crippen molar-refractivity contribution in [3.05, 3.63) is 64.7 Å². The number of ether oxygens (including phenoxy) is 2. The number of piperidine rings is 1. The number of amides is 1. The van der Waals surface area contributed by atoms with E-state index in [1.165, 1.54) is 0 Å². The van der Waals surface area contributed by atoms with E-state index >= 15 is 0 Å². The molecule has 2 fully saturated rings. The Hall–Kier alpha value is -2.25. The lowest BCUT2D eigenvalue weighted by molar-refractivity contribution is -0.185. The smallest absolute Gasteiger partial charge is 0.238 e. The molecule has 0 bridgehead atoms. The zero-order valence-electron chi connectivity index (χ0n) is 16.0. The first-order valence-corrected chi connectivity index (χ1v) is 10.1. The number of anilines is 1. The molecule has 2 saturated heterocycles. The van der Waals surface area contributed by atoms with Gasteiger partial charge < -0.3 is 14.8 Å². The van der Waals surface area contributed by atoms with E-state index in [-0.39, 0.29) is 18.2 Å². The highest BCUT2D eigenvalue weighted by Crippen LogP contribution is 2.31. The fourth-order valence-electron chi connectivity index (χ4n) is 3.79. The second-order valence-corrected chi connectivity index (χ2v) is 7.75. The first-order chi connectivity index (χ1) is 14.0. The molecule has 2 aromatic rings. The van der Waals surface area contributed by atoms with Gasteiger partial charge in [0.25, 0.3) is 0 Å². The largest absolute Gasteiger partial charge is 0.347 e. The normalized spacial score (nSPS) is 18.7. The number of hydrogen-bond acceptors (Lipinski definition) is 5. The molecule has 29 heavy (non-hydrogen) atoms. The Balaban J connectivity index is 1.41. The van der Waals surface area contributed by atoms with Crippen LogP contribution in [0.25, 0.3) is 0 Å². The van der Waals surface area contributed by atoms with E-state index in [0.29, 0.717) is 35.1 Å². The van der Waals surface area contributed by atoms with Crippen molar-refractivity contribution >= 4 is 29.0 Å². The van der Waals surface area contributed by atoms with Gasteiger partial charge in [-0.15, -0.1) is 0 Å². The third-order valence-electron chi connectivity index (χ3n) is 5.33. The molecular weight excluding hydrogens is 392 g/mol. The quantitative estimate of drug-likeness (QED) is 0.760. The van der Waals surface area contributed by atoms with Crippen molar-refractivity contribution < 1.29 is 19.1 Å². The van der Waals surface area contributed by atoms with Gasteiger partial charge in [0.2, 0.25) is 5.91 Å². The predicted molar refractivity (Wildman–Crippen MR) is 110 cm³/mol. The van der Waals surface area contributed by atoms with Crippen LogP contribution in [0.3, 0.4) is 0 Å². The molecule has 152 valence electrons. The molecule has 1 amide bonds. The van der Waals surface area contributed by atoms with Gasteiger partial charge in [0, 0.05) is 42.1 Å². The van der Waals surface area contributed by atoms with Crippen molar-refractivity contribution in [2.75, 3.05) is 38.2 Å². The zero-order valence-corrected chi connectivity index (χ0v) is 16.8. The number of nitrogens with one attached hydrogen (secondary N) is 1. The number of carbonyl (C=O) groups excluding carboxylic acids is 2. The average Bonchev–Trinajstić information content (AvgIpc) is 3.19. The van der Waals surface area contributed by atoms with E-state index in [2.05, 4.69) is 10.2 Å². The predicted octanol–water partition coefficient (Wildman–Crippen LogP) is 3.35. The lowest BCUT2D eigenvalue weighted by Crippen LogP contribution is -2.47. The van der Waals surface area contributed by atoms with Crippen LogP contribution in [0.15, 0.2) is 48.5 Å². The van der Waals surface area contributed by atoms with Gasteiger partial charge in [0.1, 0.15) is 0 Å². The van der Waals surface area contributed by atoms with E-state index < -0.39 is 5.79 Å². The van der Waals surface area contributed by atoms with Crippen LogP contribution >= 0.6 is 11.6 Å². The summed E-state index contributed by atoms with van der Waals surface area (Å²) in [5.41, 5.74) is 1.38. The van der Waals surface area contributed by atoms with Gasteiger partial charge in [-0.25, -0.2) is 0 Å². The van der Waals surface area contributed by atoms with Gasteiger partial charge in [0.15, 0.2) is 11.6 Å². The van der Waals surface area contributed by atoms with Crippen LogP contribution in [-0.2, 0) is 14.3 Å². The van der Waals surface area contributed by atoms with Crippen molar-refractivity contribution in [1.82, 2.24) is 4.90 Å². The van der Waals surface area contributed by atoms with Crippen molar-refractivity contribution in [3.63, 3.8) is 0 Å². The topological polar surface area (TPSA) is 67.9 Å². The molecule has 0 atom stereocenters. The fourth-order valence-corrected chi connectivity index (χ4v) is 3.96. The number of benzene rings is 2. The molecule has 1 N–H and O–H groups in total. The third kappa shape index (κ3) is 4.67. The van der Waals surface area contributed by atoms with E-state index in [9.17, 15) is 9.59 Å². The van der Waals surface area contributed by atoms with Crippen LogP contribution < -0.4 is 5.32 Å². The fraction of sp³-hybridized carbons (Fsp3) is 0.364. The summed E-state index contributed by atoms with van der Waals surface area (Å²) in [5, 5.41) is 3.32. The summed E-state index contributed by atoms with van der Waals surface area (Å²) in [7, 11) is 0. The lowest BCUT2D eigenvalue weighted by atomic mass is 10.0. The molecule has 2 aliphatic rings. The molecule has 0 aliphatic carbocycles. The SMILES string of the molecule is O=C(CN1CCC2(CC1)OCCO2)Nc1ccc(Cl)cc1C(=O)c1ccccc1. The van der Waals surface area contributed by atoms with Crippen LogP contribution in [0, 0.1) is 0 Å². The Morgan fingerprint density at radius 2 is 1.72 bits per heavy atom. The molecule has 1 spiro atoms. The number of hydrogen-bond donors (Lipinski definition) is 1. The van der Waals surface area contributed by atoms with E-state index in [4.69, 9.17) is 21.1 Å². The Bertz CT molecular complexity index is 887. The van der Waals surface area contributed by atoms with Crippen LogP contribution in [0.4, 0.5) is 5.69 Å². The summed E-state index contributed by atoms with van der Waals surface area (Å²) in [6, 6.07) is 13.9. The summed E-state index contributed by atoms with van der Waals surface area (Å²) >= 11 is 6.10. The highest BCUT2D eigenvalue weighted by molar-refractivity contribution is 6.31. The van der Waals surface area contributed by atoms with Gasteiger partial charge in [-0.1, -0.05) is 41.9 Å². The minimum Gasteiger partial charge on any atom is -0.347 e. The molecule has 0 radical (unpaired) electrons. The van der Waals surface area contributed by atoms with Crippen molar-refractivity contribution in [3.8, 4) is 0 Å². The van der Waals surface area contributed by atoms with E-state index in [1.54, 1.807) is 42.5 Å². The van der Waals surface area contributed by atoms with Gasteiger partial charge in [-0.3, -0.25) is 14.5 Å². The molecule has 4 rings (SSSR count). The molecule has 2 aromatic carbocycles. The standard InChI is InChI=1S/C22H23ClN2O4/c23-17-6-7-19(18(14-17)21(27)16-4-2-1-3-5-16)24-20(26)15-25-10-8-22(9-11-25)28-12-13-29-22/h1-7,14H,8-13,15H2,(H,24,26). The summed E-state index contributed by atoms with van der Waals surface area (Å²) in [5.74, 6) is -0.809. The van der Waals surface area contributed by atoms with Crippen molar-refractivity contribution in [2.45, 2.75) is 18.6 Å². The zero-order chi connectivity index (χ0) is 20.3. The monoisotopic (exact) mass is 414 g/mol.